The van der Waals surface area contributed by atoms with Crippen LogP contribution in [0.5, 0.6) is 0 Å². The predicted molar refractivity (Wildman–Crippen MR) is 130 cm³/mol. The molecule has 0 aromatic heterocycles. The number of allylic oxidation sites excluding steroid dienone is 1. The molecule has 1 unspecified atom stereocenters. The van der Waals surface area contributed by atoms with Crippen LogP contribution < -0.4 is 5.32 Å². The van der Waals surface area contributed by atoms with Crippen LogP contribution in [0.25, 0.3) is 6.08 Å². The van der Waals surface area contributed by atoms with E-state index >= 15 is 0 Å². The zero-order valence-electron chi connectivity index (χ0n) is 19.8. The second kappa shape index (κ2) is 11.4. The molecule has 0 spiro atoms. The van der Waals surface area contributed by atoms with Gasteiger partial charge in [-0.2, -0.15) is 39.5 Å². The molecular weight excluding hydrogens is 624 g/mol. The van der Waals surface area contributed by atoms with Gasteiger partial charge in [0.15, 0.2) is 5.78 Å². The van der Waals surface area contributed by atoms with Crippen molar-refractivity contribution < 1.29 is 49.1 Å². The summed E-state index contributed by atoms with van der Waals surface area (Å²) in [4.78, 5) is 24.9. The predicted octanol–water partition coefficient (Wildman–Crippen LogP) is 9.06. The van der Waals surface area contributed by atoms with E-state index in [1.807, 2.05) is 0 Å². The Bertz CT molecular complexity index is 1310. The lowest BCUT2D eigenvalue weighted by molar-refractivity contribution is -0.141. The molecule has 1 atom stereocenters. The van der Waals surface area contributed by atoms with E-state index in [1.54, 1.807) is 5.32 Å². The number of halogens is 12. The molecule has 0 bridgehead atoms. The number of rotatable bonds is 8. The Hall–Kier alpha value is -2.44. The molecule has 1 N–H and O–H groups in total. The molecule has 1 aliphatic carbocycles. The average molecular weight is 641 g/mol. The van der Waals surface area contributed by atoms with Crippen molar-refractivity contribution in [3.63, 3.8) is 0 Å². The summed E-state index contributed by atoms with van der Waals surface area (Å²) in [6.07, 6.45) is -14.2. The number of carbonyl (C=O) groups is 2. The van der Waals surface area contributed by atoms with Crippen LogP contribution in [0.3, 0.4) is 0 Å². The van der Waals surface area contributed by atoms with E-state index in [9.17, 15) is 49.1 Å². The summed E-state index contributed by atoms with van der Waals surface area (Å²) in [5.41, 5.74) is -4.68. The largest absolute Gasteiger partial charge is 0.417 e. The summed E-state index contributed by atoms with van der Waals surface area (Å²) in [5, 5.41) is 0.915. The third-order valence-electron chi connectivity index (χ3n) is 6.13. The first-order valence-electron chi connectivity index (χ1n) is 11.2. The molecule has 0 aliphatic heterocycles. The van der Waals surface area contributed by atoms with Gasteiger partial charge in [-0.1, -0.05) is 59.1 Å². The number of carbonyl (C=O) groups excluding carboxylic acids is 2. The van der Waals surface area contributed by atoms with Gasteiger partial charge in [-0.25, -0.2) is 0 Å². The zero-order chi connectivity index (χ0) is 30.3. The van der Waals surface area contributed by atoms with Crippen molar-refractivity contribution in [2.75, 3.05) is 6.54 Å². The molecule has 2 aromatic carbocycles. The number of amides is 1. The number of ketones is 1. The summed E-state index contributed by atoms with van der Waals surface area (Å²) < 4.78 is 120. The summed E-state index contributed by atoms with van der Waals surface area (Å²) in [7, 11) is 0. The molecule has 2 aromatic rings. The number of alkyl halides is 9. The van der Waals surface area contributed by atoms with E-state index in [1.165, 1.54) is 0 Å². The fourth-order valence-corrected chi connectivity index (χ4v) is 4.53. The van der Waals surface area contributed by atoms with Crippen molar-refractivity contribution in [3.8, 4) is 0 Å². The molecule has 0 saturated heterocycles. The van der Waals surface area contributed by atoms with Crippen molar-refractivity contribution in [3.05, 3.63) is 73.7 Å². The second-order valence-electron chi connectivity index (χ2n) is 9.16. The smallest absolute Gasteiger partial charge is 0.346 e. The molecule has 0 radical (unpaired) electrons. The van der Waals surface area contributed by atoms with Crippen molar-refractivity contribution in [1.82, 2.24) is 5.32 Å². The summed E-state index contributed by atoms with van der Waals surface area (Å²) in [5.74, 6) is -4.59. The SMILES string of the molecule is O=C(CC1(C(=O)NCC(F)(F)F)CC1)c1ccc(/C=C/C(c2cc(Cl)c(Cl)c(Cl)c2)C(F)(F)F)cc1C(F)(F)F. The first-order chi connectivity index (χ1) is 18.2. The Labute approximate surface area is 236 Å². The van der Waals surface area contributed by atoms with Gasteiger partial charge >= 0.3 is 18.5 Å². The Balaban J connectivity index is 1.90. The van der Waals surface area contributed by atoms with Crippen LogP contribution in [-0.4, -0.2) is 30.6 Å². The van der Waals surface area contributed by atoms with Crippen LogP contribution in [0.2, 0.25) is 15.1 Å². The van der Waals surface area contributed by atoms with E-state index in [0.717, 1.165) is 30.3 Å². The number of benzene rings is 2. The standard InChI is InChI=1S/C25H17Cl3F9NO2/c26-17-8-13(9-18(27)20(17)28)15(24(32,33)34)4-2-12-1-3-14(16(7-12)25(35,36)37)19(39)10-22(5-6-22)21(40)38-11-23(29,30)31/h1-4,7-9,15H,5-6,10-11H2,(H,38,40)/b4-2+. The molecule has 15 heteroatoms. The van der Waals surface area contributed by atoms with Crippen LogP contribution in [0, 0.1) is 5.41 Å². The second-order valence-corrected chi connectivity index (χ2v) is 10.4. The highest BCUT2D eigenvalue weighted by Gasteiger charge is 2.52. The van der Waals surface area contributed by atoms with Gasteiger partial charge in [0.1, 0.15) is 6.54 Å². The maximum atomic E-state index is 13.8. The first kappa shape index (κ1) is 32.1. The molecule has 1 saturated carbocycles. The Morgan fingerprint density at radius 2 is 1.50 bits per heavy atom. The van der Waals surface area contributed by atoms with E-state index in [0.29, 0.717) is 12.1 Å². The van der Waals surface area contributed by atoms with Crippen molar-refractivity contribution in [2.24, 2.45) is 5.41 Å². The fourth-order valence-electron chi connectivity index (χ4n) is 3.92. The number of hydrogen-bond acceptors (Lipinski definition) is 2. The minimum atomic E-state index is -5.12. The van der Waals surface area contributed by atoms with Crippen LogP contribution >= 0.6 is 34.8 Å². The minimum Gasteiger partial charge on any atom is -0.346 e. The van der Waals surface area contributed by atoms with Crippen LogP contribution in [0.4, 0.5) is 39.5 Å². The summed E-state index contributed by atoms with van der Waals surface area (Å²) >= 11 is 17.4. The molecule has 1 fully saturated rings. The fraction of sp³-hybridized carbons (Fsp3) is 0.360. The molecular formula is C25H17Cl3F9NO2. The van der Waals surface area contributed by atoms with Crippen molar-refractivity contribution in [2.45, 2.75) is 43.7 Å². The van der Waals surface area contributed by atoms with Gasteiger partial charge in [0.2, 0.25) is 5.91 Å². The topological polar surface area (TPSA) is 46.2 Å². The molecule has 0 heterocycles. The van der Waals surface area contributed by atoms with Crippen LogP contribution in [0.1, 0.15) is 52.2 Å². The molecule has 218 valence electrons. The lowest BCUT2D eigenvalue weighted by Gasteiger charge is -2.19. The van der Waals surface area contributed by atoms with Gasteiger partial charge in [0.25, 0.3) is 0 Å². The average Bonchev–Trinajstić information content (AvgIpc) is 3.59. The van der Waals surface area contributed by atoms with Gasteiger partial charge in [-0.05, 0) is 42.2 Å². The number of nitrogens with one attached hydrogen (secondary N) is 1. The van der Waals surface area contributed by atoms with Gasteiger partial charge in [0.05, 0.1) is 32.0 Å². The highest BCUT2D eigenvalue weighted by atomic mass is 35.5. The zero-order valence-corrected chi connectivity index (χ0v) is 22.1. The van der Waals surface area contributed by atoms with Crippen LogP contribution in [-0.2, 0) is 11.0 Å². The maximum absolute atomic E-state index is 13.8. The molecule has 40 heavy (non-hydrogen) atoms. The number of Topliss-reactive ketones (excluding diaryl/α,β-unsaturated/α-hetero) is 1. The molecule has 3 rings (SSSR count). The van der Waals surface area contributed by atoms with Crippen molar-refractivity contribution >= 4 is 52.6 Å². The lowest BCUT2D eigenvalue weighted by atomic mass is 9.91. The highest BCUT2D eigenvalue weighted by molar-refractivity contribution is 6.48. The van der Waals surface area contributed by atoms with Gasteiger partial charge in [0, 0.05) is 12.0 Å². The van der Waals surface area contributed by atoms with Gasteiger partial charge in [-0.3, -0.25) is 9.59 Å². The normalized spacial score (nSPS) is 16.2. The lowest BCUT2D eigenvalue weighted by Crippen LogP contribution is -2.39. The summed E-state index contributed by atoms with van der Waals surface area (Å²) in [6, 6.07) is 4.01. The Morgan fingerprint density at radius 3 is 1.98 bits per heavy atom. The quantitative estimate of drug-likeness (QED) is 0.178. The van der Waals surface area contributed by atoms with E-state index < -0.39 is 71.2 Å². The van der Waals surface area contributed by atoms with E-state index in [2.05, 4.69) is 0 Å². The maximum Gasteiger partial charge on any atom is 0.417 e. The molecule has 1 aliphatic rings. The third-order valence-corrected chi connectivity index (χ3v) is 7.33. The Morgan fingerprint density at radius 1 is 0.925 bits per heavy atom. The number of hydrogen-bond donors (Lipinski definition) is 1. The van der Waals surface area contributed by atoms with Gasteiger partial charge < -0.3 is 5.32 Å². The van der Waals surface area contributed by atoms with Gasteiger partial charge in [-0.15, -0.1) is 0 Å². The molecule has 3 nitrogen and oxygen atoms in total. The third kappa shape index (κ3) is 7.85. The van der Waals surface area contributed by atoms with Crippen molar-refractivity contribution in [1.29, 1.82) is 0 Å². The Kier molecular flexibility index (Phi) is 9.18. The molecule has 1 amide bonds. The van der Waals surface area contributed by atoms with Crippen LogP contribution in [0.15, 0.2) is 36.4 Å². The van der Waals surface area contributed by atoms with E-state index in [-0.39, 0.29) is 33.5 Å². The highest BCUT2D eigenvalue weighted by Crippen LogP contribution is 2.50. The minimum absolute atomic E-state index is 0.00215. The first-order valence-corrected chi connectivity index (χ1v) is 12.4. The van der Waals surface area contributed by atoms with E-state index in [4.69, 9.17) is 34.8 Å². The monoisotopic (exact) mass is 639 g/mol. The summed E-state index contributed by atoms with van der Waals surface area (Å²) in [6.45, 7) is -1.66.